The highest BCUT2D eigenvalue weighted by molar-refractivity contribution is 8.01. The molecule has 5 nitrogen and oxygen atoms in total. The number of pyridine rings is 1. The number of aromatic nitrogens is 2. The molecule has 0 aliphatic carbocycles. The molecule has 0 spiro atoms. The molecule has 0 aromatic carbocycles. The van der Waals surface area contributed by atoms with Crippen LogP contribution >= 0.6 is 23.1 Å². The van der Waals surface area contributed by atoms with Crippen LogP contribution in [-0.2, 0) is 11.3 Å². The first-order valence-corrected chi connectivity index (χ1v) is 7.84. The molecule has 0 saturated carbocycles. The van der Waals surface area contributed by atoms with Gasteiger partial charge in [-0.05, 0) is 13.0 Å². The molecule has 0 fully saturated rings. The zero-order valence-corrected chi connectivity index (χ0v) is 12.9. The van der Waals surface area contributed by atoms with Crippen LogP contribution in [0.2, 0.25) is 0 Å². The van der Waals surface area contributed by atoms with Crippen molar-refractivity contribution in [1.82, 2.24) is 15.3 Å². The highest BCUT2D eigenvalue weighted by Gasteiger charge is 2.06. The lowest BCUT2D eigenvalue weighted by Crippen LogP contribution is -2.25. The maximum Gasteiger partial charge on any atom is 0.230 e. The monoisotopic (exact) mass is 309 g/mol. The highest BCUT2D eigenvalue weighted by Crippen LogP contribution is 2.21. The van der Waals surface area contributed by atoms with Crippen LogP contribution in [0.15, 0.2) is 28.0 Å². The van der Waals surface area contributed by atoms with E-state index in [0.29, 0.717) is 12.3 Å². The molecule has 2 rings (SSSR count). The predicted molar refractivity (Wildman–Crippen MR) is 80.2 cm³/mol. The molecule has 7 heteroatoms. The van der Waals surface area contributed by atoms with E-state index in [2.05, 4.69) is 15.3 Å². The Morgan fingerprint density at radius 2 is 2.40 bits per heavy atom. The van der Waals surface area contributed by atoms with Gasteiger partial charge in [-0.2, -0.15) is 0 Å². The Kier molecular flexibility index (Phi) is 5.37. The largest absolute Gasteiger partial charge is 0.497 e. The van der Waals surface area contributed by atoms with Crippen LogP contribution in [0, 0.1) is 6.92 Å². The van der Waals surface area contributed by atoms with Gasteiger partial charge in [0.25, 0.3) is 0 Å². The Hall–Kier alpha value is -1.60. The van der Waals surface area contributed by atoms with Gasteiger partial charge in [-0.25, -0.2) is 4.98 Å². The van der Waals surface area contributed by atoms with Crippen molar-refractivity contribution >= 4 is 29.0 Å². The molecule has 1 amide bonds. The van der Waals surface area contributed by atoms with Gasteiger partial charge in [0.15, 0.2) is 4.34 Å². The number of carbonyl (C=O) groups excluding carboxylic acids is 1. The zero-order chi connectivity index (χ0) is 14.4. The number of ether oxygens (including phenoxy) is 1. The minimum Gasteiger partial charge on any atom is -0.497 e. The molecular weight excluding hydrogens is 294 g/mol. The lowest BCUT2D eigenvalue weighted by molar-refractivity contribution is -0.118. The Bertz CT molecular complexity index is 587. The summed E-state index contributed by atoms with van der Waals surface area (Å²) in [5, 5.41) is 4.80. The van der Waals surface area contributed by atoms with Crippen LogP contribution in [0.5, 0.6) is 5.75 Å². The fourth-order valence-corrected chi connectivity index (χ4v) is 3.13. The molecule has 0 unspecified atom stereocenters. The summed E-state index contributed by atoms with van der Waals surface area (Å²) in [4.78, 5) is 20.2. The Morgan fingerprint density at radius 1 is 1.55 bits per heavy atom. The third-order valence-corrected chi connectivity index (χ3v) is 4.55. The van der Waals surface area contributed by atoms with Gasteiger partial charge in [0.1, 0.15) is 5.75 Å². The number of amides is 1. The van der Waals surface area contributed by atoms with Crippen LogP contribution in [-0.4, -0.2) is 28.7 Å². The summed E-state index contributed by atoms with van der Waals surface area (Å²) in [6.45, 7) is 2.34. The van der Waals surface area contributed by atoms with Crippen LogP contribution in [0.3, 0.4) is 0 Å². The lowest BCUT2D eigenvalue weighted by atomic mass is 10.3. The molecule has 20 heavy (non-hydrogen) atoms. The number of nitrogens with zero attached hydrogens (tertiary/aromatic N) is 2. The molecule has 2 heterocycles. The first-order valence-electron chi connectivity index (χ1n) is 5.98. The van der Waals surface area contributed by atoms with Crippen molar-refractivity contribution in [2.45, 2.75) is 17.8 Å². The van der Waals surface area contributed by atoms with Gasteiger partial charge in [-0.3, -0.25) is 9.78 Å². The second-order valence-corrected chi connectivity index (χ2v) is 6.09. The summed E-state index contributed by atoms with van der Waals surface area (Å²) in [5.41, 5.74) is 1.76. The number of rotatable bonds is 6. The summed E-state index contributed by atoms with van der Waals surface area (Å²) in [6.07, 6.45) is 1.66. The summed E-state index contributed by atoms with van der Waals surface area (Å²) < 4.78 is 6.02. The van der Waals surface area contributed by atoms with Crippen molar-refractivity contribution in [3.05, 3.63) is 35.1 Å². The van der Waals surface area contributed by atoms with Crippen LogP contribution < -0.4 is 10.1 Å². The number of carbonyl (C=O) groups is 1. The van der Waals surface area contributed by atoms with E-state index in [4.69, 9.17) is 4.74 Å². The van der Waals surface area contributed by atoms with E-state index < -0.39 is 0 Å². The van der Waals surface area contributed by atoms with Gasteiger partial charge in [-0.15, -0.1) is 11.3 Å². The van der Waals surface area contributed by atoms with Gasteiger partial charge in [0.2, 0.25) is 5.91 Å². The maximum absolute atomic E-state index is 11.7. The number of nitrogens with one attached hydrogen (secondary N) is 1. The molecule has 0 atom stereocenters. The molecule has 0 saturated heterocycles. The molecule has 1 N–H and O–H groups in total. The van der Waals surface area contributed by atoms with Crippen LogP contribution in [0.25, 0.3) is 0 Å². The zero-order valence-electron chi connectivity index (χ0n) is 11.3. The number of methoxy groups -OCH3 is 1. The fraction of sp³-hybridized carbons (Fsp3) is 0.308. The topological polar surface area (TPSA) is 64.1 Å². The normalized spacial score (nSPS) is 10.3. The summed E-state index contributed by atoms with van der Waals surface area (Å²) in [6, 6.07) is 3.57. The molecule has 0 aliphatic rings. The number of hydrogen-bond acceptors (Lipinski definition) is 6. The van der Waals surface area contributed by atoms with Gasteiger partial charge in [-0.1, -0.05) is 11.8 Å². The van der Waals surface area contributed by atoms with Crippen molar-refractivity contribution in [2.75, 3.05) is 12.9 Å². The Balaban J connectivity index is 1.77. The molecular formula is C13H15N3O2S2. The van der Waals surface area contributed by atoms with Gasteiger partial charge < -0.3 is 10.1 Å². The average molecular weight is 309 g/mol. The second-order valence-electron chi connectivity index (χ2n) is 4.01. The molecule has 0 radical (unpaired) electrons. The molecule has 2 aromatic rings. The molecule has 106 valence electrons. The van der Waals surface area contributed by atoms with Gasteiger partial charge in [0, 0.05) is 23.3 Å². The van der Waals surface area contributed by atoms with Crippen molar-refractivity contribution < 1.29 is 9.53 Å². The average Bonchev–Trinajstić information content (AvgIpc) is 2.89. The van der Waals surface area contributed by atoms with Crippen LogP contribution in [0.4, 0.5) is 0 Å². The van der Waals surface area contributed by atoms with E-state index in [0.717, 1.165) is 21.5 Å². The van der Waals surface area contributed by atoms with E-state index in [1.807, 2.05) is 12.3 Å². The first kappa shape index (κ1) is 14.8. The molecule has 2 aromatic heterocycles. The lowest BCUT2D eigenvalue weighted by Gasteiger charge is -2.05. The molecule has 0 bridgehead atoms. The standard InChI is InChI=1S/C13H15N3O2S2/c1-9-7-19-13(16-9)20-8-12(17)15-6-10-5-11(18-2)3-4-14-10/h3-5,7H,6,8H2,1-2H3,(H,15,17). The minimum atomic E-state index is -0.0347. The first-order chi connectivity index (χ1) is 9.67. The smallest absolute Gasteiger partial charge is 0.230 e. The van der Waals surface area contributed by atoms with Crippen molar-refractivity contribution in [1.29, 1.82) is 0 Å². The predicted octanol–water partition coefficient (Wildman–Crippen LogP) is 2.26. The van der Waals surface area contributed by atoms with E-state index in [1.165, 1.54) is 11.8 Å². The van der Waals surface area contributed by atoms with Gasteiger partial charge >= 0.3 is 0 Å². The summed E-state index contributed by atoms with van der Waals surface area (Å²) in [7, 11) is 1.60. The van der Waals surface area contributed by atoms with E-state index in [1.54, 1.807) is 36.8 Å². The molecule has 0 aliphatic heterocycles. The van der Waals surface area contributed by atoms with E-state index in [-0.39, 0.29) is 5.91 Å². The fourth-order valence-electron chi connectivity index (χ4n) is 1.45. The van der Waals surface area contributed by atoms with Crippen LogP contribution in [0.1, 0.15) is 11.4 Å². The summed E-state index contributed by atoms with van der Waals surface area (Å²) >= 11 is 3.00. The third-order valence-electron chi connectivity index (χ3n) is 2.42. The van der Waals surface area contributed by atoms with Crippen molar-refractivity contribution in [3.63, 3.8) is 0 Å². The van der Waals surface area contributed by atoms with E-state index in [9.17, 15) is 4.79 Å². The van der Waals surface area contributed by atoms with Crippen molar-refractivity contribution in [2.24, 2.45) is 0 Å². The number of hydrogen-bond donors (Lipinski definition) is 1. The maximum atomic E-state index is 11.7. The number of thioether (sulfide) groups is 1. The van der Waals surface area contributed by atoms with E-state index >= 15 is 0 Å². The quantitative estimate of drug-likeness (QED) is 0.829. The Morgan fingerprint density at radius 3 is 3.10 bits per heavy atom. The number of aryl methyl sites for hydroxylation is 1. The number of thiazole rings is 1. The second kappa shape index (κ2) is 7.25. The summed E-state index contributed by atoms with van der Waals surface area (Å²) in [5.74, 6) is 1.06. The SMILES string of the molecule is COc1ccnc(CNC(=O)CSc2nc(C)cs2)c1. The van der Waals surface area contributed by atoms with Crippen molar-refractivity contribution in [3.8, 4) is 5.75 Å². The highest BCUT2D eigenvalue weighted by atomic mass is 32.2. The van der Waals surface area contributed by atoms with Gasteiger partial charge in [0.05, 0.1) is 25.1 Å². The minimum absolute atomic E-state index is 0.0347. The third kappa shape index (κ3) is 4.50. The Labute approximate surface area is 125 Å².